The Hall–Kier alpha value is -14.5. The van der Waals surface area contributed by atoms with E-state index in [1.165, 1.54) is 187 Å². The third-order valence-corrected chi connectivity index (χ3v) is 22.6. The zero-order valence-corrected chi connectivity index (χ0v) is 64.9. The molecule has 0 N–H and O–H groups in total. The molecule has 6 nitrogen and oxygen atoms in total. The number of hydrogen-bond acceptors (Lipinski definition) is 0. The summed E-state index contributed by atoms with van der Waals surface area (Å²) in [6, 6.07) is 146. The Morgan fingerprint density at radius 1 is 0.175 bits per heavy atom. The van der Waals surface area contributed by atoms with Crippen molar-refractivity contribution in [1.29, 1.82) is 0 Å². The second-order valence-electron chi connectivity index (χ2n) is 29.5. The van der Waals surface area contributed by atoms with Crippen molar-refractivity contribution in [1.82, 2.24) is 27.4 Å². The molecule has 114 heavy (non-hydrogen) atoms. The van der Waals surface area contributed by atoms with Crippen LogP contribution >= 0.6 is 0 Å². The van der Waals surface area contributed by atoms with Gasteiger partial charge in [-0.1, -0.05) is 315 Å². The lowest BCUT2D eigenvalue weighted by Gasteiger charge is -2.07. The van der Waals surface area contributed by atoms with E-state index < -0.39 is 0 Å². The molecule has 6 aromatic heterocycles. The molecule has 0 spiro atoms. The molecule has 0 bridgehead atoms. The van der Waals surface area contributed by atoms with E-state index in [4.69, 9.17) is 0 Å². The van der Waals surface area contributed by atoms with E-state index in [0.717, 1.165) is 0 Å². The van der Waals surface area contributed by atoms with Gasteiger partial charge in [-0.15, -0.1) is 0 Å². The van der Waals surface area contributed by atoms with Crippen LogP contribution in [0, 0.1) is 13.8 Å². The van der Waals surface area contributed by atoms with Crippen molar-refractivity contribution < 1.29 is 0 Å². The van der Waals surface area contributed by atoms with Crippen molar-refractivity contribution in [3.05, 3.63) is 424 Å². The van der Waals surface area contributed by atoms with Crippen molar-refractivity contribution in [3.63, 3.8) is 0 Å². The van der Waals surface area contributed by atoms with Gasteiger partial charge in [0.25, 0.3) is 0 Å². The van der Waals surface area contributed by atoms with Crippen molar-refractivity contribution in [3.8, 4) is 44.8 Å². The van der Waals surface area contributed by atoms with Crippen molar-refractivity contribution in [2.24, 2.45) is 28.2 Å². The van der Waals surface area contributed by atoms with Crippen molar-refractivity contribution in [2.45, 2.75) is 13.8 Å². The number of rotatable bonds is 5. The molecule has 0 aliphatic rings. The second kappa shape index (κ2) is 31.1. The molecule has 0 radical (unpaired) electrons. The molecular formula is C108H86N6. The SMILES string of the molecule is Cc1ccc2c(c1)c1ccccc1n2-c1ccccc1.Cc1cccc2c1c1ccccc1n2-c1ccccc1.Cn1c2ccccc2c2cc(-c3ccccc3)ccc21.Cn1c2ccccc2c2ccc(-c3ccccc3)cc21.Cn1c2ccccc2c2cccc(-c3ccccc3)c21.Cn1c2ccccc2c2ccccc21. The van der Waals surface area contributed by atoms with E-state index in [0.29, 0.717) is 0 Å². The Morgan fingerprint density at radius 3 is 1.01 bits per heavy atom. The third-order valence-electron chi connectivity index (χ3n) is 22.6. The van der Waals surface area contributed by atoms with Gasteiger partial charge in [0.1, 0.15) is 0 Å². The van der Waals surface area contributed by atoms with Crippen molar-refractivity contribution >= 4 is 131 Å². The third kappa shape index (κ3) is 13.3. The minimum Gasteiger partial charge on any atom is -0.344 e. The van der Waals surface area contributed by atoms with Crippen LogP contribution in [0.4, 0.5) is 0 Å². The van der Waals surface area contributed by atoms with E-state index in [-0.39, 0.29) is 0 Å². The Morgan fingerprint density at radius 2 is 0.491 bits per heavy atom. The predicted molar refractivity (Wildman–Crippen MR) is 489 cm³/mol. The van der Waals surface area contributed by atoms with Crippen molar-refractivity contribution in [2.75, 3.05) is 0 Å². The van der Waals surface area contributed by atoms with Crippen LogP contribution in [0.5, 0.6) is 0 Å². The highest BCUT2D eigenvalue weighted by Crippen LogP contribution is 2.39. The second-order valence-corrected chi connectivity index (χ2v) is 29.5. The molecule has 23 aromatic rings. The minimum absolute atomic E-state index is 1.21. The highest BCUT2D eigenvalue weighted by molar-refractivity contribution is 6.15. The number of hydrogen-bond donors (Lipinski definition) is 0. The van der Waals surface area contributed by atoms with Crippen LogP contribution in [-0.4, -0.2) is 27.4 Å². The Bertz CT molecular complexity index is 7330. The summed E-state index contributed by atoms with van der Waals surface area (Å²) in [4.78, 5) is 0. The topological polar surface area (TPSA) is 29.6 Å². The fourth-order valence-electron chi connectivity index (χ4n) is 17.1. The first-order valence-corrected chi connectivity index (χ1v) is 39.2. The molecule has 23 rings (SSSR count). The molecule has 0 saturated heterocycles. The first-order valence-electron chi connectivity index (χ1n) is 39.2. The van der Waals surface area contributed by atoms with Gasteiger partial charge in [0.05, 0.1) is 27.6 Å². The first-order chi connectivity index (χ1) is 56.1. The van der Waals surface area contributed by atoms with Gasteiger partial charge in [-0.2, -0.15) is 0 Å². The Balaban J connectivity index is 0.0000000954. The van der Waals surface area contributed by atoms with Crippen LogP contribution in [0.25, 0.3) is 176 Å². The number of aromatic nitrogens is 6. The first kappa shape index (κ1) is 71.2. The maximum absolute atomic E-state index is 2.34. The van der Waals surface area contributed by atoms with Gasteiger partial charge in [0.15, 0.2) is 0 Å². The lowest BCUT2D eigenvalue weighted by Crippen LogP contribution is -1.92. The molecule has 0 aliphatic carbocycles. The summed E-state index contributed by atoms with van der Waals surface area (Å²) in [6.07, 6.45) is 0. The van der Waals surface area contributed by atoms with Gasteiger partial charge in [0.2, 0.25) is 0 Å². The molecular weight excluding hydrogens is 1380 g/mol. The van der Waals surface area contributed by atoms with Gasteiger partial charge in [-0.25, -0.2) is 0 Å². The lowest BCUT2D eigenvalue weighted by molar-refractivity contribution is 1.01. The average molecular weight is 1470 g/mol. The molecule has 6 heteroatoms. The standard InChI is InChI=1S/5C19H15N.C13H11N/c1-14-8-7-13-18-19(14)16-11-5-6-12-17(16)20(18)15-9-3-2-4-10-15;1-20-18-13-6-5-10-16(18)17-12-7-11-15(19(17)20)14-8-3-2-4-9-14;1-20-18-10-6-5-9-16(18)17-13-15(11-12-19(17)20)14-7-3-2-4-8-14;1-20-18-10-6-5-9-16(18)17-12-11-15(13-19(17)20)14-7-3-2-4-8-14;1-14-11-12-19-17(13-14)16-9-5-6-10-18(16)20(19)15-7-3-2-4-8-15;1-14-12-8-4-2-6-10(12)11-7-3-5-9-13(11)14/h5*2-13H,1H3;2-9H,1H3. The summed E-state index contributed by atoms with van der Waals surface area (Å²) in [5, 5.41) is 15.9. The van der Waals surface area contributed by atoms with E-state index in [2.05, 4.69) is 482 Å². The molecule has 0 amide bonds. The highest BCUT2D eigenvalue weighted by atomic mass is 15.0. The predicted octanol–water partition coefficient (Wildman–Crippen LogP) is 28.5. The highest BCUT2D eigenvalue weighted by Gasteiger charge is 2.17. The number of nitrogens with zero attached hydrogens (tertiary/aromatic N) is 6. The fourth-order valence-corrected chi connectivity index (χ4v) is 17.1. The number of aryl methyl sites for hydroxylation is 6. The van der Waals surface area contributed by atoms with Crippen LogP contribution in [0.2, 0.25) is 0 Å². The average Bonchev–Trinajstić information content (AvgIpc) is 1.59. The molecule has 0 atom stereocenters. The number of fused-ring (bicyclic) bond motifs is 18. The largest absolute Gasteiger partial charge is 0.344 e. The molecule has 0 unspecified atom stereocenters. The monoisotopic (exact) mass is 1470 g/mol. The zero-order valence-electron chi connectivity index (χ0n) is 64.9. The van der Waals surface area contributed by atoms with E-state index in [1.807, 2.05) is 0 Å². The minimum atomic E-state index is 1.21. The molecule has 17 aromatic carbocycles. The molecule has 6 heterocycles. The number of para-hydroxylation sites is 10. The summed E-state index contributed by atoms with van der Waals surface area (Å²) < 4.78 is 13.8. The van der Waals surface area contributed by atoms with Crippen LogP contribution in [0.15, 0.2) is 413 Å². The van der Waals surface area contributed by atoms with E-state index >= 15 is 0 Å². The normalized spacial score (nSPS) is 11.2. The quantitative estimate of drug-likeness (QED) is 0.164. The summed E-state index contributed by atoms with van der Waals surface area (Å²) in [6.45, 7) is 4.33. The summed E-state index contributed by atoms with van der Waals surface area (Å²) >= 11 is 0. The van der Waals surface area contributed by atoms with Gasteiger partial charge in [0, 0.05) is 148 Å². The van der Waals surface area contributed by atoms with E-state index in [9.17, 15) is 0 Å². The fraction of sp³-hybridized carbons (Fsp3) is 0.0556. The lowest BCUT2D eigenvalue weighted by atomic mass is 10.0. The smallest absolute Gasteiger partial charge is 0.0568 e. The van der Waals surface area contributed by atoms with Crippen LogP contribution in [0.3, 0.4) is 0 Å². The molecule has 0 aliphatic heterocycles. The van der Waals surface area contributed by atoms with Gasteiger partial charge >= 0.3 is 0 Å². The maximum Gasteiger partial charge on any atom is 0.0568 e. The summed E-state index contributed by atoms with van der Waals surface area (Å²) in [5.41, 5.74) is 28.1. The van der Waals surface area contributed by atoms with Crippen LogP contribution in [0.1, 0.15) is 11.1 Å². The molecule has 548 valence electrons. The van der Waals surface area contributed by atoms with Gasteiger partial charge in [-0.3, -0.25) is 0 Å². The van der Waals surface area contributed by atoms with Gasteiger partial charge < -0.3 is 27.4 Å². The number of benzene rings is 17. The Labute approximate surface area is 664 Å². The zero-order chi connectivity index (χ0) is 77.2. The molecule has 0 fully saturated rings. The van der Waals surface area contributed by atoms with Gasteiger partial charge in [-0.05, 0) is 150 Å². The Kier molecular flexibility index (Phi) is 19.4. The molecule has 0 saturated carbocycles. The van der Waals surface area contributed by atoms with Crippen LogP contribution < -0.4 is 0 Å². The summed E-state index contributed by atoms with van der Waals surface area (Å²) in [7, 11) is 8.54. The van der Waals surface area contributed by atoms with Crippen LogP contribution in [-0.2, 0) is 28.2 Å². The maximum atomic E-state index is 2.34. The summed E-state index contributed by atoms with van der Waals surface area (Å²) in [5.74, 6) is 0. The van der Waals surface area contributed by atoms with E-state index in [1.54, 1.807) is 0 Å².